The molecule has 19 heavy (non-hydrogen) atoms. The van der Waals surface area contributed by atoms with E-state index in [2.05, 4.69) is 0 Å². The monoisotopic (exact) mass is 278 g/mol. The first-order valence-electron chi connectivity index (χ1n) is 6.69. The summed E-state index contributed by atoms with van der Waals surface area (Å²) in [6.45, 7) is 5.85. The van der Waals surface area contributed by atoms with Crippen LogP contribution in [0, 0.1) is 0 Å². The Labute approximate surface area is 116 Å². The Kier molecular flexibility index (Phi) is 11.5. The molecule has 0 fully saturated rings. The molecule has 0 aromatic carbocycles. The first-order valence-corrected chi connectivity index (χ1v) is 6.69. The second-order valence-electron chi connectivity index (χ2n) is 3.92. The normalized spacial score (nSPS) is 16.1. The molecule has 0 aromatic heterocycles. The van der Waals surface area contributed by atoms with Crippen LogP contribution in [0.4, 0.5) is 0 Å². The molecule has 0 aromatic rings. The van der Waals surface area contributed by atoms with Gasteiger partial charge >= 0.3 is 7.32 Å². The van der Waals surface area contributed by atoms with Crippen molar-refractivity contribution in [2.45, 2.75) is 58.9 Å². The van der Waals surface area contributed by atoms with Crippen molar-refractivity contribution in [3.63, 3.8) is 0 Å². The van der Waals surface area contributed by atoms with Crippen LogP contribution in [0.1, 0.15) is 40.0 Å². The Hall–Kier alpha value is -0.175. The second-order valence-corrected chi connectivity index (χ2v) is 3.92. The van der Waals surface area contributed by atoms with Crippen LogP contribution in [0.5, 0.6) is 0 Å². The van der Waals surface area contributed by atoms with Crippen LogP contribution in [-0.2, 0) is 28.2 Å². The highest BCUT2D eigenvalue weighted by Gasteiger charge is 2.31. The van der Waals surface area contributed by atoms with E-state index < -0.39 is 26.2 Å². The fourth-order valence-corrected chi connectivity index (χ4v) is 1.42. The number of rotatable bonds is 12. The van der Waals surface area contributed by atoms with Gasteiger partial charge in [0, 0.05) is 21.3 Å². The SMILES string of the molecule is CCC(OC)OB(OC(CC)OC)OC(CC)OC. The average Bonchev–Trinajstić information content (AvgIpc) is 2.46. The molecule has 0 spiro atoms. The molecule has 6 nitrogen and oxygen atoms in total. The second kappa shape index (κ2) is 11.6. The molecule has 0 aliphatic rings. The van der Waals surface area contributed by atoms with Gasteiger partial charge in [-0.15, -0.1) is 0 Å². The summed E-state index contributed by atoms with van der Waals surface area (Å²) in [6, 6.07) is 0. The maximum atomic E-state index is 5.59. The highest BCUT2D eigenvalue weighted by Crippen LogP contribution is 2.11. The first kappa shape index (κ1) is 18.8. The first-order chi connectivity index (χ1) is 9.14. The summed E-state index contributed by atoms with van der Waals surface area (Å²) in [6.07, 6.45) is 0.879. The Bertz CT molecular complexity index is 161. The average molecular weight is 278 g/mol. The summed E-state index contributed by atoms with van der Waals surface area (Å²) in [7, 11) is 3.84. The summed E-state index contributed by atoms with van der Waals surface area (Å²) in [4.78, 5) is 0. The Balaban J connectivity index is 4.51. The van der Waals surface area contributed by atoms with Crippen LogP contribution in [0.2, 0.25) is 0 Å². The zero-order chi connectivity index (χ0) is 14.7. The van der Waals surface area contributed by atoms with Crippen LogP contribution in [-0.4, -0.2) is 47.5 Å². The van der Waals surface area contributed by atoms with Crippen LogP contribution >= 0.6 is 0 Å². The van der Waals surface area contributed by atoms with Crippen LogP contribution in [0.15, 0.2) is 0 Å². The van der Waals surface area contributed by atoms with E-state index in [4.69, 9.17) is 28.2 Å². The molecule has 0 heterocycles. The van der Waals surface area contributed by atoms with Crippen molar-refractivity contribution in [3.8, 4) is 0 Å². The third kappa shape index (κ3) is 7.86. The molecule has 0 aliphatic carbocycles. The van der Waals surface area contributed by atoms with Gasteiger partial charge in [0.1, 0.15) is 18.9 Å². The zero-order valence-corrected chi connectivity index (χ0v) is 12.9. The molecule has 0 radical (unpaired) electrons. The lowest BCUT2D eigenvalue weighted by Crippen LogP contribution is -2.40. The topological polar surface area (TPSA) is 55.4 Å². The van der Waals surface area contributed by atoms with E-state index in [1.165, 1.54) is 0 Å². The lowest BCUT2D eigenvalue weighted by atomic mass is 10.2. The molecule has 0 saturated carbocycles. The fourth-order valence-electron chi connectivity index (χ4n) is 1.42. The van der Waals surface area contributed by atoms with E-state index in [0.717, 1.165) is 0 Å². The van der Waals surface area contributed by atoms with Crippen molar-refractivity contribution >= 4 is 7.32 Å². The van der Waals surface area contributed by atoms with Gasteiger partial charge in [0.05, 0.1) is 0 Å². The largest absolute Gasteiger partial charge is 0.645 e. The van der Waals surface area contributed by atoms with Crippen molar-refractivity contribution in [3.05, 3.63) is 0 Å². The lowest BCUT2D eigenvalue weighted by Gasteiger charge is -2.25. The summed E-state index contributed by atoms with van der Waals surface area (Å²) in [5.41, 5.74) is 0. The van der Waals surface area contributed by atoms with E-state index >= 15 is 0 Å². The van der Waals surface area contributed by atoms with Crippen LogP contribution < -0.4 is 0 Å². The highest BCUT2D eigenvalue weighted by atomic mass is 16.8. The lowest BCUT2D eigenvalue weighted by molar-refractivity contribution is -0.161. The van der Waals surface area contributed by atoms with Gasteiger partial charge in [0.2, 0.25) is 0 Å². The summed E-state index contributed by atoms with van der Waals surface area (Å²) >= 11 is 0. The standard InChI is InChI=1S/C12H27BO6/c1-7-10(14-4)17-13(18-11(8-2)15-5)19-12(9-3)16-6/h10-12H,7-9H2,1-6H3. The zero-order valence-electron chi connectivity index (χ0n) is 12.9. The molecule has 0 N–H and O–H groups in total. The molecule has 3 atom stereocenters. The number of methoxy groups -OCH3 is 3. The van der Waals surface area contributed by atoms with E-state index in [9.17, 15) is 0 Å². The molecule has 114 valence electrons. The van der Waals surface area contributed by atoms with Crippen molar-refractivity contribution in [2.75, 3.05) is 21.3 Å². The Morgan fingerprint density at radius 2 is 0.895 bits per heavy atom. The van der Waals surface area contributed by atoms with Gasteiger partial charge in [-0.3, -0.25) is 0 Å². The minimum atomic E-state index is -0.889. The maximum Gasteiger partial charge on any atom is 0.645 e. The Morgan fingerprint density at radius 3 is 1.05 bits per heavy atom. The number of ether oxygens (including phenoxy) is 3. The smallest absolute Gasteiger partial charge is 0.359 e. The van der Waals surface area contributed by atoms with Gasteiger partial charge in [-0.1, -0.05) is 20.8 Å². The van der Waals surface area contributed by atoms with E-state index in [1.54, 1.807) is 21.3 Å². The van der Waals surface area contributed by atoms with Crippen molar-refractivity contribution in [1.82, 2.24) is 0 Å². The van der Waals surface area contributed by atoms with Gasteiger partial charge in [0.25, 0.3) is 0 Å². The number of hydrogen-bond donors (Lipinski definition) is 0. The van der Waals surface area contributed by atoms with Crippen LogP contribution in [0.25, 0.3) is 0 Å². The molecule has 0 aliphatic heterocycles. The summed E-state index contributed by atoms with van der Waals surface area (Å²) < 4.78 is 32.3. The predicted octanol–water partition coefficient (Wildman–Crippen LogP) is 2.17. The highest BCUT2D eigenvalue weighted by molar-refractivity contribution is 6.36. The van der Waals surface area contributed by atoms with Gasteiger partial charge in [-0.05, 0) is 19.3 Å². The third-order valence-electron chi connectivity index (χ3n) is 2.58. The molecule has 0 saturated heterocycles. The predicted molar refractivity (Wildman–Crippen MR) is 72.3 cm³/mol. The minimum absolute atomic E-state index is 0.395. The summed E-state index contributed by atoms with van der Waals surface area (Å²) in [5, 5.41) is 0. The van der Waals surface area contributed by atoms with Crippen molar-refractivity contribution < 1.29 is 28.2 Å². The van der Waals surface area contributed by atoms with Crippen LogP contribution in [0.3, 0.4) is 0 Å². The van der Waals surface area contributed by atoms with Crippen molar-refractivity contribution in [2.24, 2.45) is 0 Å². The van der Waals surface area contributed by atoms with Gasteiger partial charge < -0.3 is 28.2 Å². The fraction of sp³-hybridized carbons (Fsp3) is 1.00. The molecular formula is C12H27BO6. The van der Waals surface area contributed by atoms with E-state index in [1.807, 2.05) is 20.8 Å². The number of hydrogen-bond acceptors (Lipinski definition) is 6. The molecular weight excluding hydrogens is 251 g/mol. The van der Waals surface area contributed by atoms with E-state index in [-0.39, 0.29) is 0 Å². The quantitative estimate of drug-likeness (QED) is 0.403. The Morgan fingerprint density at radius 1 is 0.632 bits per heavy atom. The van der Waals surface area contributed by atoms with Gasteiger partial charge in [0.15, 0.2) is 0 Å². The van der Waals surface area contributed by atoms with Crippen molar-refractivity contribution in [1.29, 1.82) is 0 Å². The molecule has 3 unspecified atom stereocenters. The minimum Gasteiger partial charge on any atom is -0.359 e. The molecule has 0 bridgehead atoms. The molecule has 0 amide bonds. The maximum absolute atomic E-state index is 5.59. The van der Waals surface area contributed by atoms with E-state index in [0.29, 0.717) is 19.3 Å². The summed E-state index contributed by atoms with van der Waals surface area (Å²) in [5.74, 6) is 0. The molecule has 7 heteroatoms. The van der Waals surface area contributed by atoms with Gasteiger partial charge in [-0.2, -0.15) is 0 Å². The third-order valence-corrected chi connectivity index (χ3v) is 2.58. The molecule has 0 rings (SSSR count). The van der Waals surface area contributed by atoms with Gasteiger partial charge in [-0.25, -0.2) is 0 Å².